The van der Waals surface area contributed by atoms with E-state index in [2.05, 4.69) is 41.5 Å². The van der Waals surface area contributed by atoms with Gasteiger partial charge in [-0.05, 0) is 61.8 Å². The van der Waals surface area contributed by atoms with Crippen molar-refractivity contribution in [3.8, 4) is 0 Å². The Kier molecular flexibility index (Phi) is 30.5. The molecule has 3 aromatic rings. The van der Waals surface area contributed by atoms with E-state index in [-0.39, 0.29) is 33.0 Å². The van der Waals surface area contributed by atoms with Crippen LogP contribution >= 0.6 is 0 Å². The molecule has 2 aliphatic rings. The summed E-state index contributed by atoms with van der Waals surface area (Å²) < 4.78 is 80.4. The van der Waals surface area contributed by atoms with Crippen LogP contribution in [0, 0.1) is 0 Å². The van der Waals surface area contributed by atoms with E-state index < -0.39 is 73.5 Å². The summed E-state index contributed by atoms with van der Waals surface area (Å²) in [6.45, 7) is 16.3. The second-order valence-corrected chi connectivity index (χ2v) is 19.4. The molecule has 2 heterocycles. The zero-order valence-electron chi connectivity index (χ0n) is 46.1. The molecule has 0 N–H and O–H groups in total. The molecule has 5 rings (SSSR count). The van der Waals surface area contributed by atoms with Gasteiger partial charge in [-0.3, -0.25) is 0 Å². The van der Waals surface area contributed by atoms with Crippen LogP contribution in [0.4, 0.5) is 4.79 Å². The van der Waals surface area contributed by atoms with Gasteiger partial charge in [0.05, 0.1) is 25.4 Å². The van der Waals surface area contributed by atoms with Gasteiger partial charge in [0, 0.05) is 52.7 Å². The summed E-state index contributed by atoms with van der Waals surface area (Å²) in [6, 6.07) is 28.4. The zero-order chi connectivity index (χ0) is 53.3. The van der Waals surface area contributed by atoms with Gasteiger partial charge in [0.15, 0.2) is 18.7 Å². The summed E-state index contributed by atoms with van der Waals surface area (Å²) in [6.07, 6.45) is 1.39. The number of hydrogen-bond donors (Lipinski definition) is 0. The quantitative estimate of drug-likeness (QED) is 0.0396. The second-order valence-electron chi connectivity index (χ2n) is 19.4. The molecular weight excluding hydrogens is 959 g/mol. The molecule has 0 radical (unpaired) electrons. The molecule has 0 bridgehead atoms. The maximum Gasteiger partial charge on any atom is 0.410 e. The lowest BCUT2D eigenvalue weighted by atomic mass is 9.95. The topological polar surface area (TPSA) is 148 Å². The first kappa shape index (κ1) is 61.8. The number of benzene rings is 3. The molecule has 2 saturated heterocycles. The van der Waals surface area contributed by atoms with Crippen LogP contribution in [0.5, 0.6) is 0 Å². The number of amides is 1. The van der Waals surface area contributed by atoms with Gasteiger partial charge in [0.1, 0.15) is 49.3 Å². The number of esters is 1. The Labute approximate surface area is 448 Å². The molecule has 10 atom stereocenters. The highest BCUT2D eigenvalue weighted by Crippen LogP contribution is 2.36. The number of ether oxygens (including phenoxy) is 12. The third kappa shape index (κ3) is 21.4. The van der Waals surface area contributed by atoms with Crippen molar-refractivity contribution in [2.45, 2.75) is 193 Å². The normalized spacial score (nSPS) is 23.7. The van der Waals surface area contributed by atoms with E-state index in [1.807, 2.05) is 78.9 Å². The number of hydrogen-bond acceptors (Lipinski definition) is 14. The van der Waals surface area contributed by atoms with Crippen LogP contribution in [-0.4, -0.2) is 144 Å². The molecule has 420 valence electrons. The first-order valence-electron chi connectivity index (χ1n) is 28.3. The first-order chi connectivity index (χ1) is 36.8. The van der Waals surface area contributed by atoms with E-state index in [9.17, 15) is 9.59 Å². The lowest BCUT2D eigenvalue weighted by Crippen LogP contribution is -2.67. The molecule has 3 aromatic carbocycles. The van der Waals surface area contributed by atoms with Crippen LogP contribution in [0.2, 0.25) is 0 Å². The molecule has 4 unspecified atom stereocenters. The number of rotatable bonds is 38. The van der Waals surface area contributed by atoms with Crippen molar-refractivity contribution in [1.82, 2.24) is 4.90 Å². The Morgan fingerprint density at radius 2 is 0.907 bits per heavy atom. The van der Waals surface area contributed by atoms with E-state index in [1.54, 1.807) is 17.0 Å². The Morgan fingerprint density at radius 3 is 1.44 bits per heavy atom. The summed E-state index contributed by atoms with van der Waals surface area (Å²) in [5, 5.41) is 0. The minimum absolute atomic E-state index is 0.0981. The Balaban J connectivity index is 1.51. The van der Waals surface area contributed by atoms with Crippen LogP contribution < -0.4 is 0 Å². The zero-order valence-corrected chi connectivity index (χ0v) is 46.1. The SMILES string of the molecule is CCCCOCC1O[C@H](O[C@H]2C(COCCCC)O[C@H](OCCN(Cc3ccccc3)C(=O)OCc3ccccc3)C(OCCCC)[C@H]2OCCCC)C(OCCCC)[C@@H](OCCCC)[C@@H]1OC(=O)c1ccccc1. The van der Waals surface area contributed by atoms with Gasteiger partial charge < -0.3 is 61.7 Å². The Bertz CT molecular complexity index is 1910. The van der Waals surface area contributed by atoms with Crippen LogP contribution in [0.1, 0.15) is 140 Å². The number of nitrogens with zero attached hydrogens (tertiary/aromatic N) is 1. The smallest absolute Gasteiger partial charge is 0.410 e. The van der Waals surface area contributed by atoms with Gasteiger partial charge in [-0.25, -0.2) is 9.59 Å². The van der Waals surface area contributed by atoms with Crippen LogP contribution in [0.15, 0.2) is 91.0 Å². The van der Waals surface area contributed by atoms with E-state index in [0.717, 1.165) is 88.2 Å². The summed E-state index contributed by atoms with van der Waals surface area (Å²) in [4.78, 5) is 29.4. The molecule has 0 aliphatic carbocycles. The van der Waals surface area contributed by atoms with Crippen LogP contribution in [0.25, 0.3) is 0 Å². The summed E-state index contributed by atoms with van der Waals surface area (Å²) >= 11 is 0. The molecule has 0 spiro atoms. The molecule has 75 heavy (non-hydrogen) atoms. The van der Waals surface area contributed by atoms with Crippen LogP contribution in [-0.2, 0) is 70.0 Å². The summed E-state index contributed by atoms with van der Waals surface area (Å²) in [5.41, 5.74) is 2.25. The number of carbonyl (C=O) groups is 2. The van der Waals surface area contributed by atoms with Gasteiger partial charge in [-0.1, -0.05) is 159 Å². The van der Waals surface area contributed by atoms with Crippen molar-refractivity contribution in [3.05, 3.63) is 108 Å². The predicted octanol–water partition coefficient (Wildman–Crippen LogP) is 11.3. The van der Waals surface area contributed by atoms with Crippen molar-refractivity contribution in [3.63, 3.8) is 0 Å². The molecule has 15 nitrogen and oxygen atoms in total. The maximum absolute atomic E-state index is 14.0. The Morgan fingerprint density at radius 1 is 0.467 bits per heavy atom. The van der Waals surface area contributed by atoms with E-state index in [0.29, 0.717) is 51.7 Å². The highest BCUT2D eigenvalue weighted by molar-refractivity contribution is 5.89. The monoisotopic (exact) mass is 1050 g/mol. The molecule has 2 aliphatic heterocycles. The average Bonchev–Trinajstić information content (AvgIpc) is 3.43. The molecule has 1 amide bonds. The maximum atomic E-state index is 14.0. The minimum Gasteiger partial charge on any atom is -0.453 e. The van der Waals surface area contributed by atoms with E-state index >= 15 is 0 Å². The molecule has 0 aromatic heterocycles. The summed E-state index contributed by atoms with van der Waals surface area (Å²) in [5.74, 6) is -0.502. The second kappa shape index (κ2) is 36.9. The number of unbranched alkanes of at least 4 members (excludes halogenated alkanes) is 6. The van der Waals surface area contributed by atoms with Gasteiger partial charge in [0.25, 0.3) is 0 Å². The highest BCUT2D eigenvalue weighted by Gasteiger charge is 2.55. The van der Waals surface area contributed by atoms with Gasteiger partial charge in [-0.2, -0.15) is 0 Å². The van der Waals surface area contributed by atoms with Crippen molar-refractivity contribution in [2.75, 3.05) is 66.0 Å². The average molecular weight is 1050 g/mol. The molecule has 15 heteroatoms. The fraction of sp³-hybridized carbons (Fsp3) is 0.667. The minimum atomic E-state index is -1.06. The van der Waals surface area contributed by atoms with E-state index in [4.69, 9.17) is 56.8 Å². The Hall–Kier alpha value is -4.00. The summed E-state index contributed by atoms with van der Waals surface area (Å²) in [7, 11) is 0. The van der Waals surface area contributed by atoms with Crippen molar-refractivity contribution in [2.24, 2.45) is 0 Å². The van der Waals surface area contributed by atoms with Crippen molar-refractivity contribution in [1.29, 1.82) is 0 Å². The third-order valence-electron chi connectivity index (χ3n) is 13.1. The van der Waals surface area contributed by atoms with Crippen molar-refractivity contribution >= 4 is 12.1 Å². The highest BCUT2D eigenvalue weighted by atomic mass is 16.8. The largest absolute Gasteiger partial charge is 0.453 e. The lowest BCUT2D eigenvalue weighted by Gasteiger charge is -2.50. The lowest BCUT2D eigenvalue weighted by molar-refractivity contribution is -0.372. The van der Waals surface area contributed by atoms with Gasteiger partial charge in [-0.15, -0.1) is 0 Å². The third-order valence-corrected chi connectivity index (χ3v) is 13.1. The predicted molar refractivity (Wildman–Crippen MR) is 287 cm³/mol. The molecule has 2 fully saturated rings. The standard InChI is InChI=1S/C60H91NO14/c1-7-13-35-64-44-49-51(74-57(62)48-32-26-21-27-33-48)53(66-37-15-9-3)56(69-40-18-12-6)59(73-49)75-52-50(45-65-36-14-8-2)72-58(55(68-39-17-11-5)54(52)67-38-16-10-4)70-41-34-61(42-46-28-22-19-23-29-46)60(63)71-43-47-30-24-20-25-31-47/h19-33,49-56,58-59H,7-18,34-45H2,1-6H3/t49?,50?,51-,52+,53+,54+,55?,56?,58+,59-/m1/s1. The van der Waals surface area contributed by atoms with Gasteiger partial charge in [0.2, 0.25) is 0 Å². The fourth-order valence-corrected chi connectivity index (χ4v) is 8.70. The fourth-order valence-electron chi connectivity index (χ4n) is 8.70. The van der Waals surface area contributed by atoms with E-state index in [1.165, 1.54) is 0 Å². The molecular formula is C60H91NO14. The number of carbonyl (C=O) groups excluding carboxylic acids is 2. The van der Waals surface area contributed by atoms with Crippen molar-refractivity contribution < 1.29 is 66.4 Å². The van der Waals surface area contributed by atoms with Gasteiger partial charge >= 0.3 is 12.1 Å². The first-order valence-corrected chi connectivity index (χ1v) is 28.3. The van der Waals surface area contributed by atoms with Crippen LogP contribution in [0.3, 0.4) is 0 Å². The molecule has 0 saturated carbocycles.